The Kier molecular flexibility index (Phi) is 3.87. The van der Waals surface area contributed by atoms with E-state index < -0.39 is 0 Å². The van der Waals surface area contributed by atoms with Gasteiger partial charge in [0.05, 0.1) is 12.1 Å². The molecule has 0 aromatic heterocycles. The highest BCUT2D eigenvalue weighted by molar-refractivity contribution is 6.34. The number of hydrogen-bond acceptors (Lipinski definition) is 2. The molecule has 0 saturated carbocycles. The summed E-state index contributed by atoms with van der Waals surface area (Å²) in [5.74, 6) is 0.584. The minimum atomic E-state index is -0.304. The van der Waals surface area contributed by atoms with Crippen molar-refractivity contribution in [2.75, 3.05) is 7.11 Å². The fourth-order valence-electron chi connectivity index (χ4n) is 1.35. The molecule has 0 aliphatic heterocycles. The Hall–Kier alpha value is -0.440. The zero-order valence-electron chi connectivity index (χ0n) is 9.10. The molecule has 4 heteroatoms. The molecule has 1 aromatic rings. The second-order valence-electron chi connectivity index (χ2n) is 4.24. The molecule has 0 amide bonds. The van der Waals surface area contributed by atoms with Gasteiger partial charge in [0, 0.05) is 16.6 Å². The number of ether oxygens (including phenoxy) is 1. The van der Waals surface area contributed by atoms with Crippen molar-refractivity contribution in [3.63, 3.8) is 0 Å². The second-order valence-corrected chi connectivity index (χ2v) is 5.06. The molecule has 0 aliphatic carbocycles. The lowest BCUT2D eigenvalue weighted by atomic mass is 9.96. The molecule has 84 valence electrons. The van der Waals surface area contributed by atoms with Crippen molar-refractivity contribution in [2.45, 2.75) is 25.8 Å². The van der Waals surface area contributed by atoms with E-state index in [4.69, 9.17) is 33.7 Å². The summed E-state index contributed by atoms with van der Waals surface area (Å²) >= 11 is 12.1. The van der Waals surface area contributed by atoms with E-state index in [1.54, 1.807) is 19.2 Å². The summed E-state index contributed by atoms with van der Waals surface area (Å²) in [4.78, 5) is 0. The predicted molar refractivity (Wildman–Crippen MR) is 65.0 cm³/mol. The smallest absolute Gasteiger partial charge is 0.138 e. The van der Waals surface area contributed by atoms with Crippen LogP contribution in [0.1, 0.15) is 19.4 Å². The first-order valence-corrected chi connectivity index (χ1v) is 5.40. The van der Waals surface area contributed by atoms with Crippen LogP contribution in [0.15, 0.2) is 12.1 Å². The number of benzene rings is 1. The maximum atomic E-state index is 6.09. The largest absolute Gasteiger partial charge is 0.495 e. The molecule has 0 atom stereocenters. The van der Waals surface area contributed by atoms with Gasteiger partial charge < -0.3 is 10.5 Å². The third kappa shape index (κ3) is 3.56. The van der Waals surface area contributed by atoms with Gasteiger partial charge in [-0.2, -0.15) is 0 Å². The van der Waals surface area contributed by atoms with Crippen molar-refractivity contribution in [3.05, 3.63) is 27.7 Å². The number of nitrogens with two attached hydrogens (primary N) is 1. The lowest BCUT2D eigenvalue weighted by molar-refractivity contribution is 0.414. The van der Waals surface area contributed by atoms with Crippen LogP contribution in [0.2, 0.25) is 10.0 Å². The molecule has 0 spiro atoms. The Morgan fingerprint density at radius 3 is 2.33 bits per heavy atom. The number of halogens is 2. The van der Waals surface area contributed by atoms with Crippen LogP contribution in [-0.4, -0.2) is 12.6 Å². The van der Waals surface area contributed by atoms with Gasteiger partial charge in [-0.15, -0.1) is 0 Å². The summed E-state index contributed by atoms with van der Waals surface area (Å²) in [5.41, 5.74) is 6.56. The third-order valence-electron chi connectivity index (χ3n) is 1.97. The van der Waals surface area contributed by atoms with Crippen molar-refractivity contribution < 1.29 is 4.74 Å². The van der Waals surface area contributed by atoms with E-state index in [1.165, 1.54) is 0 Å². The van der Waals surface area contributed by atoms with Crippen molar-refractivity contribution >= 4 is 23.2 Å². The van der Waals surface area contributed by atoms with Gasteiger partial charge in [0.15, 0.2) is 0 Å². The number of rotatable bonds is 3. The molecule has 0 heterocycles. The standard InChI is InChI=1S/C11H15Cl2NO/c1-11(2,14)6-7-4-9(13)10(15-3)5-8(7)12/h4-5H,6,14H2,1-3H3. The van der Waals surface area contributed by atoms with Gasteiger partial charge in [0.2, 0.25) is 0 Å². The molecule has 0 unspecified atom stereocenters. The average Bonchev–Trinajstić information content (AvgIpc) is 2.08. The topological polar surface area (TPSA) is 35.2 Å². The highest BCUT2D eigenvalue weighted by Gasteiger charge is 2.15. The van der Waals surface area contributed by atoms with Gasteiger partial charge in [0.1, 0.15) is 5.75 Å². The van der Waals surface area contributed by atoms with Crippen LogP contribution in [0.3, 0.4) is 0 Å². The Morgan fingerprint density at radius 1 is 1.27 bits per heavy atom. The summed E-state index contributed by atoms with van der Waals surface area (Å²) in [6.45, 7) is 3.89. The Balaban J connectivity index is 3.05. The van der Waals surface area contributed by atoms with Crippen LogP contribution >= 0.6 is 23.2 Å². The van der Waals surface area contributed by atoms with Gasteiger partial charge in [-0.25, -0.2) is 0 Å². The summed E-state index contributed by atoms with van der Waals surface area (Å²) in [7, 11) is 1.56. The maximum Gasteiger partial charge on any atom is 0.138 e. The zero-order chi connectivity index (χ0) is 11.6. The molecule has 1 aromatic carbocycles. The van der Waals surface area contributed by atoms with E-state index in [9.17, 15) is 0 Å². The van der Waals surface area contributed by atoms with Crippen LogP contribution in [0.5, 0.6) is 5.75 Å². The molecule has 0 radical (unpaired) electrons. The molecule has 0 aliphatic rings. The molecule has 0 bridgehead atoms. The van der Waals surface area contributed by atoms with Gasteiger partial charge in [0.25, 0.3) is 0 Å². The Labute approximate surface area is 100 Å². The van der Waals surface area contributed by atoms with Crippen LogP contribution in [0, 0.1) is 0 Å². The molecule has 2 nitrogen and oxygen atoms in total. The lowest BCUT2D eigenvalue weighted by Gasteiger charge is -2.19. The molecule has 0 fully saturated rings. The SMILES string of the molecule is COc1cc(Cl)c(CC(C)(C)N)cc1Cl. The third-order valence-corrected chi connectivity index (χ3v) is 2.61. The first kappa shape index (κ1) is 12.6. The Morgan fingerprint density at radius 2 is 1.87 bits per heavy atom. The molecule has 1 rings (SSSR count). The average molecular weight is 248 g/mol. The summed E-state index contributed by atoms with van der Waals surface area (Å²) < 4.78 is 5.06. The fourth-order valence-corrected chi connectivity index (χ4v) is 1.84. The van der Waals surface area contributed by atoms with E-state index in [2.05, 4.69) is 0 Å². The monoisotopic (exact) mass is 247 g/mol. The van der Waals surface area contributed by atoms with Crippen molar-refractivity contribution in [1.29, 1.82) is 0 Å². The highest BCUT2D eigenvalue weighted by atomic mass is 35.5. The van der Waals surface area contributed by atoms with Gasteiger partial charge in [-0.05, 0) is 31.9 Å². The molecular weight excluding hydrogens is 233 g/mol. The van der Waals surface area contributed by atoms with E-state index in [0.29, 0.717) is 22.2 Å². The number of hydrogen-bond donors (Lipinski definition) is 1. The molecule has 2 N–H and O–H groups in total. The van der Waals surface area contributed by atoms with Crippen molar-refractivity contribution in [3.8, 4) is 5.75 Å². The van der Waals surface area contributed by atoms with E-state index in [-0.39, 0.29) is 5.54 Å². The summed E-state index contributed by atoms with van der Waals surface area (Å²) in [6.07, 6.45) is 0.676. The van der Waals surface area contributed by atoms with Crippen LogP contribution < -0.4 is 10.5 Å². The highest BCUT2D eigenvalue weighted by Crippen LogP contribution is 2.32. The minimum Gasteiger partial charge on any atom is -0.495 e. The van der Waals surface area contributed by atoms with Crippen LogP contribution in [-0.2, 0) is 6.42 Å². The van der Waals surface area contributed by atoms with Crippen LogP contribution in [0.25, 0.3) is 0 Å². The van der Waals surface area contributed by atoms with Gasteiger partial charge >= 0.3 is 0 Å². The van der Waals surface area contributed by atoms with E-state index in [1.807, 2.05) is 13.8 Å². The van der Waals surface area contributed by atoms with Crippen LogP contribution in [0.4, 0.5) is 0 Å². The van der Waals surface area contributed by atoms with E-state index in [0.717, 1.165) is 5.56 Å². The first-order chi connectivity index (χ1) is 6.83. The van der Waals surface area contributed by atoms with Crippen molar-refractivity contribution in [1.82, 2.24) is 0 Å². The first-order valence-electron chi connectivity index (χ1n) is 4.64. The lowest BCUT2D eigenvalue weighted by Crippen LogP contribution is -2.34. The number of methoxy groups -OCH3 is 1. The normalized spacial score (nSPS) is 11.6. The molecule has 15 heavy (non-hydrogen) atoms. The molecule has 0 saturated heterocycles. The summed E-state index contributed by atoms with van der Waals surface area (Å²) in [6, 6.07) is 3.52. The van der Waals surface area contributed by atoms with Crippen molar-refractivity contribution in [2.24, 2.45) is 5.73 Å². The predicted octanol–water partition coefficient (Wildman–Crippen LogP) is 3.28. The quantitative estimate of drug-likeness (QED) is 0.890. The van der Waals surface area contributed by atoms with Gasteiger partial charge in [-0.1, -0.05) is 23.2 Å². The second kappa shape index (κ2) is 4.60. The molecular formula is C11H15Cl2NO. The fraction of sp³-hybridized carbons (Fsp3) is 0.455. The minimum absolute atomic E-state index is 0.304. The zero-order valence-corrected chi connectivity index (χ0v) is 10.6. The van der Waals surface area contributed by atoms with E-state index >= 15 is 0 Å². The van der Waals surface area contributed by atoms with Gasteiger partial charge in [-0.3, -0.25) is 0 Å². The maximum absolute atomic E-state index is 6.09. The Bertz CT molecular complexity index is 358. The summed E-state index contributed by atoms with van der Waals surface area (Å²) in [5, 5.41) is 1.19.